The van der Waals surface area contributed by atoms with E-state index in [0.29, 0.717) is 13.2 Å². The van der Waals surface area contributed by atoms with Crippen molar-refractivity contribution in [2.24, 2.45) is 0 Å². The van der Waals surface area contributed by atoms with Crippen molar-refractivity contribution in [1.82, 2.24) is 4.90 Å². The molecular formula is C13H27NO3Si. The van der Waals surface area contributed by atoms with E-state index < -0.39 is 14.4 Å². The van der Waals surface area contributed by atoms with Crippen LogP contribution < -0.4 is 0 Å². The predicted molar refractivity (Wildman–Crippen MR) is 75.5 cm³/mol. The van der Waals surface area contributed by atoms with Crippen LogP contribution in [0.1, 0.15) is 40.0 Å². The lowest BCUT2D eigenvalue weighted by Crippen LogP contribution is -2.49. The third-order valence-corrected chi connectivity index (χ3v) is 8.82. The van der Waals surface area contributed by atoms with Crippen LogP contribution in [0, 0.1) is 0 Å². The van der Waals surface area contributed by atoms with Gasteiger partial charge in [0.15, 0.2) is 8.32 Å². The fourth-order valence-electron chi connectivity index (χ4n) is 1.95. The Morgan fingerprint density at radius 1 is 1.39 bits per heavy atom. The van der Waals surface area contributed by atoms with Gasteiger partial charge in [0.25, 0.3) is 0 Å². The summed E-state index contributed by atoms with van der Waals surface area (Å²) in [5, 5.41) is 9.36. The second kappa shape index (κ2) is 5.61. The topological polar surface area (TPSA) is 49.8 Å². The van der Waals surface area contributed by atoms with Crippen LogP contribution in [0.25, 0.3) is 0 Å². The molecule has 0 aromatic heterocycles. The molecule has 0 spiro atoms. The zero-order valence-corrected chi connectivity index (χ0v) is 13.3. The second-order valence-electron chi connectivity index (χ2n) is 6.70. The molecule has 4 nitrogen and oxygen atoms in total. The van der Waals surface area contributed by atoms with E-state index in [9.17, 15) is 9.90 Å². The molecule has 18 heavy (non-hydrogen) atoms. The number of amides is 1. The summed E-state index contributed by atoms with van der Waals surface area (Å²) in [7, 11) is -1.77. The first kappa shape index (κ1) is 15.5. The molecule has 1 unspecified atom stereocenters. The van der Waals surface area contributed by atoms with Gasteiger partial charge in [-0.2, -0.15) is 0 Å². The van der Waals surface area contributed by atoms with Gasteiger partial charge in [0.1, 0.15) is 0 Å². The average molecular weight is 273 g/mol. The minimum Gasteiger partial charge on any atom is -0.465 e. The van der Waals surface area contributed by atoms with Crippen molar-refractivity contribution in [1.29, 1.82) is 0 Å². The van der Waals surface area contributed by atoms with Crippen LogP contribution in [-0.4, -0.2) is 43.6 Å². The van der Waals surface area contributed by atoms with Crippen molar-refractivity contribution in [3.8, 4) is 0 Å². The molecule has 0 aromatic carbocycles. The van der Waals surface area contributed by atoms with Gasteiger partial charge >= 0.3 is 6.09 Å². The molecule has 0 aliphatic carbocycles. The first-order valence-corrected chi connectivity index (χ1v) is 9.69. The van der Waals surface area contributed by atoms with Crippen molar-refractivity contribution in [3.63, 3.8) is 0 Å². The van der Waals surface area contributed by atoms with Gasteiger partial charge < -0.3 is 14.4 Å². The van der Waals surface area contributed by atoms with Crippen molar-refractivity contribution in [3.05, 3.63) is 0 Å². The summed E-state index contributed by atoms with van der Waals surface area (Å²) < 4.78 is 6.15. The van der Waals surface area contributed by atoms with Crippen LogP contribution in [-0.2, 0) is 4.43 Å². The lowest BCUT2D eigenvalue weighted by atomic mass is 10.0. The summed E-state index contributed by atoms with van der Waals surface area (Å²) in [6.07, 6.45) is 2.21. The Morgan fingerprint density at radius 2 is 2.00 bits per heavy atom. The van der Waals surface area contributed by atoms with E-state index in [1.807, 2.05) is 0 Å². The fraction of sp³-hybridized carbons (Fsp3) is 0.923. The lowest BCUT2D eigenvalue weighted by molar-refractivity contribution is 0.0804. The standard InChI is InChI=1S/C13H27NO3Si/c1-13(2,3)18(4,5)17-10-11-8-6-7-9-14(11)12(15)16/h11H,6-10H2,1-5H3,(H,15,16). The predicted octanol–water partition coefficient (Wildman–Crippen LogP) is 3.54. The molecule has 5 heteroatoms. The zero-order chi connectivity index (χ0) is 14.0. The van der Waals surface area contributed by atoms with Crippen LogP contribution in [0.5, 0.6) is 0 Å². The summed E-state index contributed by atoms with van der Waals surface area (Å²) in [6, 6.07) is 0.0466. The number of piperidine rings is 1. The molecule has 1 N–H and O–H groups in total. The molecule has 0 saturated carbocycles. The summed E-state index contributed by atoms with van der Waals surface area (Å²) in [5.41, 5.74) is 0. The van der Waals surface area contributed by atoms with Crippen LogP contribution in [0.4, 0.5) is 4.79 Å². The monoisotopic (exact) mass is 273 g/mol. The maximum atomic E-state index is 11.2. The summed E-state index contributed by atoms with van der Waals surface area (Å²) in [5.74, 6) is 0. The number of likely N-dealkylation sites (tertiary alicyclic amines) is 1. The van der Waals surface area contributed by atoms with E-state index in [4.69, 9.17) is 4.43 Å². The average Bonchev–Trinajstić information content (AvgIpc) is 2.25. The number of carboxylic acid groups (broad SMARTS) is 1. The summed E-state index contributed by atoms with van der Waals surface area (Å²) in [6.45, 7) is 12.2. The van der Waals surface area contributed by atoms with Gasteiger partial charge in [0, 0.05) is 6.54 Å². The molecule has 1 amide bonds. The van der Waals surface area contributed by atoms with Crippen LogP contribution >= 0.6 is 0 Å². The Morgan fingerprint density at radius 3 is 2.50 bits per heavy atom. The van der Waals surface area contributed by atoms with E-state index in [1.165, 1.54) is 0 Å². The quantitative estimate of drug-likeness (QED) is 0.800. The molecular weight excluding hydrogens is 246 g/mol. The minimum atomic E-state index is -1.77. The van der Waals surface area contributed by atoms with Crippen LogP contribution in [0.2, 0.25) is 18.1 Å². The van der Waals surface area contributed by atoms with Crippen LogP contribution in [0.3, 0.4) is 0 Å². The highest BCUT2D eigenvalue weighted by Crippen LogP contribution is 2.37. The first-order chi connectivity index (χ1) is 8.15. The lowest BCUT2D eigenvalue weighted by Gasteiger charge is -2.40. The largest absolute Gasteiger partial charge is 0.465 e. The van der Waals surface area contributed by atoms with E-state index >= 15 is 0 Å². The van der Waals surface area contributed by atoms with E-state index in [-0.39, 0.29) is 11.1 Å². The first-order valence-electron chi connectivity index (χ1n) is 6.79. The van der Waals surface area contributed by atoms with Crippen molar-refractivity contribution in [2.75, 3.05) is 13.2 Å². The number of nitrogens with zero attached hydrogens (tertiary/aromatic N) is 1. The summed E-state index contributed by atoms with van der Waals surface area (Å²) >= 11 is 0. The number of hydrogen-bond donors (Lipinski definition) is 1. The van der Waals surface area contributed by atoms with E-state index in [2.05, 4.69) is 33.9 Å². The van der Waals surface area contributed by atoms with Crippen molar-refractivity contribution in [2.45, 2.75) is 64.2 Å². The molecule has 1 heterocycles. The zero-order valence-electron chi connectivity index (χ0n) is 12.3. The Kier molecular flexibility index (Phi) is 4.83. The molecule has 0 radical (unpaired) electrons. The molecule has 1 atom stereocenters. The summed E-state index contributed by atoms with van der Waals surface area (Å²) in [4.78, 5) is 12.7. The van der Waals surface area contributed by atoms with Gasteiger partial charge in [-0.05, 0) is 37.4 Å². The molecule has 106 valence electrons. The smallest absolute Gasteiger partial charge is 0.407 e. The maximum absolute atomic E-state index is 11.2. The number of carbonyl (C=O) groups is 1. The third-order valence-electron chi connectivity index (χ3n) is 4.32. The SMILES string of the molecule is CC(C)(C)[Si](C)(C)OCC1CCCCN1C(=O)O. The van der Waals surface area contributed by atoms with Crippen LogP contribution in [0.15, 0.2) is 0 Å². The maximum Gasteiger partial charge on any atom is 0.407 e. The molecule has 1 aliphatic rings. The van der Waals surface area contributed by atoms with Crippen molar-refractivity contribution >= 4 is 14.4 Å². The Labute approximate surface area is 111 Å². The molecule has 0 aromatic rings. The highest BCUT2D eigenvalue weighted by Gasteiger charge is 2.38. The highest BCUT2D eigenvalue weighted by molar-refractivity contribution is 6.74. The van der Waals surface area contributed by atoms with E-state index in [1.54, 1.807) is 4.90 Å². The Balaban J connectivity index is 2.58. The number of hydrogen-bond acceptors (Lipinski definition) is 2. The normalized spacial score (nSPS) is 22.1. The van der Waals surface area contributed by atoms with Gasteiger partial charge in [-0.25, -0.2) is 4.79 Å². The molecule has 0 bridgehead atoms. The van der Waals surface area contributed by atoms with Gasteiger partial charge in [-0.15, -0.1) is 0 Å². The van der Waals surface area contributed by atoms with Gasteiger partial charge in [-0.3, -0.25) is 0 Å². The Hall–Kier alpha value is -0.553. The molecule has 1 fully saturated rings. The van der Waals surface area contributed by atoms with Gasteiger partial charge in [-0.1, -0.05) is 20.8 Å². The van der Waals surface area contributed by atoms with Gasteiger partial charge in [0.05, 0.1) is 12.6 Å². The highest BCUT2D eigenvalue weighted by atomic mass is 28.4. The molecule has 1 saturated heterocycles. The molecule has 1 aliphatic heterocycles. The molecule has 1 rings (SSSR count). The van der Waals surface area contributed by atoms with E-state index in [0.717, 1.165) is 19.3 Å². The number of rotatable bonds is 3. The van der Waals surface area contributed by atoms with Crippen molar-refractivity contribution < 1.29 is 14.3 Å². The Bertz CT molecular complexity index is 299. The second-order valence-corrected chi connectivity index (χ2v) is 11.5. The minimum absolute atomic E-state index is 0.0466. The van der Waals surface area contributed by atoms with Gasteiger partial charge in [0.2, 0.25) is 0 Å². The third kappa shape index (κ3) is 3.72. The fourth-order valence-corrected chi connectivity index (χ4v) is 2.99.